The molecule has 0 fully saturated rings. The van der Waals surface area contributed by atoms with Crippen LogP contribution in [0.5, 0.6) is 5.75 Å². The van der Waals surface area contributed by atoms with Crippen molar-refractivity contribution in [1.29, 1.82) is 0 Å². The smallest absolute Gasteiger partial charge is 0.255 e. The van der Waals surface area contributed by atoms with Crippen molar-refractivity contribution in [3.8, 4) is 17.1 Å². The fourth-order valence-electron chi connectivity index (χ4n) is 4.68. The third-order valence-electron chi connectivity index (χ3n) is 7.44. The summed E-state index contributed by atoms with van der Waals surface area (Å²) < 4.78 is 5.59. The Kier molecular flexibility index (Phi) is 9.85. The predicted molar refractivity (Wildman–Crippen MR) is 174 cm³/mol. The summed E-state index contributed by atoms with van der Waals surface area (Å²) in [6.45, 7) is 11.8. The molecule has 0 bridgehead atoms. The van der Waals surface area contributed by atoms with E-state index in [4.69, 9.17) is 20.6 Å². The Balaban J connectivity index is 0.000000403. The van der Waals surface area contributed by atoms with E-state index >= 15 is 0 Å². The Morgan fingerprint density at radius 3 is 2.12 bits per heavy atom. The number of hydrogen-bond acceptors (Lipinski definition) is 6. The van der Waals surface area contributed by atoms with Crippen molar-refractivity contribution in [3.63, 3.8) is 0 Å². The fourth-order valence-corrected chi connectivity index (χ4v) is 4.68. The molecule has 1 atom stereocenters. The Bertz CT molecular complexity index is 1740. The number of nitrogen functional groups attached to an aromatic ring is 1. The first-order chi connectivity index (χ1) is 20.4. The first-order valence-electron chi connectivity index (χ1n) is 14.2. The second-order valence-corrected chi connectivity index (χ2v) is 11.0. The lowest BCUT2D eigenvalue weighted by Gasteiger charge is -2.14. The van der Waals surface area contributed by atoms with Crippen LogP contribution in [0.1, 0.15) is 43.7 Å². The number of aryl methyl sites for hydroxylation is 6. The van der Waals surface area contributed by atoms with Gasteiger partial charge in [0.15, 0.2) is 0 Å². The van der Waals surface area contributed by atoms with E-state index in [1.54, 1.807) is 12.1 Å². The lowest BCUT2D eigenvalue weighted by Crippen LogP contribution is -2.21. The molecule has 0 unspecified atom stereocenters. The van der Waals surface area contributed by atoms with Gasteiger partial charge in [0.25, 0.3) is 5.91 Å². The van der Waals surface area contributed by atoms with E-state index in [2.05, 4.69) is 24.1 Å². The van der Waals surface area contributed by atoms with Crippen LogP contribution in [0, 0.1) is 41.5 Å². The van der Waals surface area contributed by atoms with Gasteiger partial charge in [-0.1, -0.05) is 12.1 Å². The third-order valence-corrected chi connectivity index (χ3v) is 7.44. The molecule has 0 spiro atoms. The Labute approximate surface area is 252 Å². The van der Waals surface area contributed by atoms with E-state index in [-0.39, 0.29) is 19.1 Å². The number of amides is 1. The number of aliphatic hydroxyl groups excluding tert-OH is 2. The number of anilines is 2. The van der Waals surface area contributed by atoms with Crippen molar-refractivity contribution in [2.75, 3.05) is 24.3 Å². The predicted octanol–water partition coefficient (Wildman–Crippen LogP) is 6.33. The third kappa shape index (κ3) is 7.80. The molecule has 8 nitrogen and oxygen atoms in total. The van der Waals surface area contributed by atoms with Crippen LogP contribution in [0.25, 0.3) is 22.4 Å². The molecule has 5 aromatic rings. The van der Waals surface area contributed by atoms with Crippen molar-refractivity contribution in [2.45, 2.75) is 47.6 Å². The van der Waals surface area contributed by atoms with E-state index in [1.165, 1.54) is 16.7 Å². The van der Waals surface area contributed by atoms with Gasteiger partial charge in [-0.2, -0.15) is 0 Å². The lowest BCUT2D eigenvalue weighted by atomic mass is 10.0. The number of aliphatic hydroxyl groups is 2. The molecule has 1 amide bonds. The van der Waals surface area contributed by atoms with Gasteiger partial charge in [-0.05, 0) is 130 Å². The molecule has 6 N–H and O–H groups in total. The number of rotatable bonds is 7. The SMILES string of the molecule is Cc1ccc(N)cc1C.Cc1ccc(NC(=O)c2ccc3nc(-c4c(C)cc(OC[C@@H](O)CO)cc4C)[nH]c3c2)cc1C. The highest BCUT2D eigenvalue weighted by Crippen LogP contribution is 2.31. The highest BCUT2D eigenvalue weighted by Gasteiger charge is 2.15. The van der Waals surface area contributed by atoms with Crippen LogP contribution in [0.15, 0.2) is 66.7 Å². The van der Waals surface area contributed by atoms with Crippen LogP contribution in [0.4, 0.5) is 11.4 Å². The van der Waals surface area contributed by atoms with Crippen molar-refractivity contribution in [1.82, 2.24) is 9.97 Å². The maximum absolute atomic E-state index is 12.8. The zero-order chi connectivity index (χ0) is 31.3. The molecular formula is C35H40N4O4. The Morgan fingerprint density at radius 2 is 1.51 bits per heavy atom. The molecule has 8 heteroatoms. The molecule has 224 valence electrons. The van der Waals surface area contributed by atoms with Gasteiger partial charge in [0.1, 0.15) is 24.3 Å². The van der Waals surface area contributed by atoms with Crippen LogP contribution in [-0.4, -0.2) is 45.4 Å². The largest absolute Gasteiger partial charge is 0.491 e. The van der Waals surface area contributed by atoms with Gasteiger partial charge in [0.05, 0.1) is 17.6 Å². The molecule has 0 aliphatic carbocycles. The summed E-state index contributed by atoms with van der Waals surface area (Å²) in [5.41, 5.74) is 16.9. The van der Waals surface area contributed by atoms with E-state index in [1.807, 2.05) is 82.3 Å². The van der Waals surface area contributed by atoms with Gasteiger partial charge in [0.2, 0.25) is 0 Å². The normalized spacial score (nSPS) is 11.5. The number of ether oxygens (including phenoxy) is 1. The highest BCUT2D eigenvalue weighted by molar-refractivity contribution is 6.06. The molecule has 4 aromatic carbocycles. The van der Waals surface area contributed by atoms with Crippen molar-refractivity contribution in [2.24, 2.45) is 0 Å². The van der Waals surface area contributed by atoms with Crippen LogP contribution in [-0.2, 0) is 0 Å². The van der Waals surface area contributed by atoms with Gasteiger partial charge < -0.3 is 31.0 Å². The van der Waals surface area contributed by atoms with Gasteiger partial charge in [-0.3, -0.25) is 4.79 Å². The Morgan fingerprint density at radius 1 is 0.860 bits per heavy atom. The zero-order valence-corrected chi connectivity index (χ0v) is 25.6. The van der Waals surface area contributed by atoms with Crippen LogP contribution >= 0.6 is 0 Å². The number of nitrogens with one attached hydrogen (secondary N) is 2. The number of fused-ring (bicyclic) bond motifs is 1. The zero-order valence-electron chi connectivity index (χ0n) is 25.6. The average Bonchev–Trinajstić information content (AvgIpc) is 3.38. The number of nitrogens with two attached hydrogens (primary N) is 1. The highest BCUT2D eigenvalue weighted by atomic mass is 16.5. The molecule has 5 rings (SSSR count). The number of aromatic amines is 1. The number of aromatic nitrogens is 2. The summed E-state index contributed by atoms with van der Waals surface area (Å²) in [5, 5.41) is 21.4. The van der Waals surface area contributed by atoms with E-state index < -0.39 is 6.10 Å². The minimum atomic E-state index is -0.919. The minimum absolute atomic E-state index is 0.0202. The van der Waals surface area contributed by atoms with Gasteiger partial charge >= 0.3 is 0 Å². The molecule has 0 saturated carbocycles. The van der Waals surface area contributed by atoms with Crippen molar-refractivity contribution >= 4 is 28.3 Å². The topological polar surface area (TPSA) is 133 Å². The first kappa shape index (κ1) is 31.3. The number of nitrogens with zero attached hydrogens (tertiary/aromatic N) is 1. The first-order valence-corrected chi connectivity index (χ1v) is 14.2. The molecule has 0 aliphatic heterocycles. The second-order valence-electron chi connectivity index (χ2n) is 11.0. The molecule has 43 heavy (non-hydrogen) atoms. The number of imidazole rings is 1. The van der Waals surface area contributed by atoms with Crippen LogP contribution in [0.2, 0.25) is 0 Å². The quantitative estimate of drug-likeness (QED) is 0.143. The summed E-state index contributed by atoms with van der Waals surface area (Å²) in [7, 11) is 0. The summed E-state index contributed by atoms with van der Waals surface area (Å²) in [6, 6.07) is 21.0. The van der Waals surface area contributed by atoms with Crippen LogP contribution in [0.3, 0.4) is 0 Å². The monoisotopic (exact) mass is 580 g/mol. The van der Waals surface area contributed by atoms with Crippen molar-refractivity contribution < 1.29 is 19.7 Å². The maximum atomic E-state index is 12.8. The average molecular weight is 581 g/mol. The standard InChI is InChI=1S/C27H29N3O4.C8H11N/c1-15-5-7-20(9-16(15)2)28-27(33)19-6-8-23-24(12-19)30-26(29-23)25-17(3)10-22(11-18(25)4)34-14-21(32)13-31;1-6-3-4-8(9)5-7(6)2/h5-12,21,31-32H,13-14H2,1-4H3,(H,28,33)(H,29,30);3-5H,9H2,1-2H3/t21-;/m0./s1. The number of hydrogen-bond donors (Lipinski definition) is 5. The van der Waals surface area contributed by atoms with Crippen molar-refractivity contribution in [3.05, 3.63) is 106 Å². The lowest BCUT2D eigenvalue weighted by molar-refractivity contribution is 0.0536. The van der Waals surface area contributed by atoms with Gasteiger partial charge in [-0.15, -0.1) is 0 Å². The molecule has 0 saturated heterocycles. The Hall–Kier alpha value is -4.66. The molecule has 1 heterocycles. The minimum Gasteiger partial charge on any atom is -0.491 e. The summed E-state index contributed by atoms with van der Waals surface area (Å²) in [4.78, 5) is 20.9. The summed E-state index contributed by atoms with van der Waals surface area (Å²) in [5.74, 6) is 1.14. The molecule has 0 radical (unpaired) electrons. The summed E-state index contributed by atoms with van der Waals surface area (Å²) >= 11 is 0. The van der Waals surface area contributed by atoms with E-state index in [0.717, 1.165) is 44.7 Å². The number of benzene rings is 4. The van der Waals surface area contributed by atoms with E-state index in [0.29, 0.717) is 17.1 Å². The maximum Gasteiger partial charge on any atom is 0.255 e. The van der Waals surface area contributed by atoms with Gasteiger partial charge in [-0.25, -0.2) is 4.98 Å². The number of carbonyl (C=O) groups is 1. The molecule has 0 aliphatic rings. The number of carbonyl (C=O) groups excluding carboxylic acids is 1. The molecule has 1 aromatic heterocycles. The fraction of sp³-hybridized carbons (Fsp3) is 0.257. The van der Waals surface area contributed by atoms with E-state index in [9.17, 15) is 9.90 Å². The van der Waals surface area contributed by atoms with Gasteiger partial charge in [0, 0.05) is 22.5 Å². The number of H-pyrrole nitrogens is 1. The second kappa shape index (κ2) is 13.5. The summed E-state index contributed by atoms with van der Waals surface area (Å²) in [6.07, 6.45) is -0.919. The van der Waals surface area contributed by atoms with Crippen LogP contribution < -0.4 is 15.8 Å². The molecular weight excluding hydrogens is 540 g/mol.